The lowest BCUT2D eigenvalue weighted by Gasteiger charge is -2.10. The second-order valence-electron chi connectivity index (χ2n) is 5.69. The van der Waals surface area contributed by atoms with E-state index >= 15 is 0 Å². The van der Waals surface area contributed by atoms with Crippen LogP contribution in [0.4, 0.5) is 11.4 Å². The quantitative estimate of drug-likeness (QED) is 0.561. The predicted molar refractivity (Wildman–Crippen MR) is 97.0 cm³/mol. The highest BCUT2D eigenvalue weighted by atomic mass is 35.5. The number of hydrogen-bond acceptors (Lipinski definition) is 5. The maximum atomic E-state index is 12.6. The molecule has 3 rings (SSSR count). The maximum Gasteiger partial charge on any atom is 0.288 e. The van der Waals surface area contributed by atoms with Crippen molar-refractivity contribution in [2.24, 2.45) is 0 Å². The summed E-state index contributed by atoms with van der Waals surface area (Å²) in [5.41, 5.74) is 0.943. The second-order valence-corrected chi connectivity index (χ2v) is 6.09. The standard InChI is InChI=1S/C17H13ClN4O4/c1-9-5-6-21-14(7-9)19-10(2)15(17(21)24)20-16(23)11-3-4-12(18)13(8-11)22(25)26/h3-8H,1-2H3,(H,20,23). The van der Waals surface area contributed by atoms with E-state index in [1.165, 1.54) is 16.5 Å². The van der Waals surface area contributed by atoms with Gasteiger partial charge in [0.15, 0.2) is 0 Å². The van der Waals surface area contributed by atoms with Crippen LogP contribution in [0.1, 0.15) is 21.6 Å². The number of carbonyl (C=O) groups excluding carboxylic acids is 1. The fourth-order valence-corrected chi connectivity index (χ4v) is 2.66. The number of nitrogens with zero attached hydrogens (tertiary/aromatic N) is 3. The van der Waals surface area contributed by atoms with E-state index in [0.717, 1.165) is 11.6 Å². The van der Waals surface area contributed by atoms with Crippen molar-refractivity contribution in [1.82, 2.24) is 9.38 Å². The van der Waals surface area contributed by atoms with Crippen LogP contribution < -0.4 is 10.9 Å². The Bertz CT molecular complexity index is 1120. The van der Waals surface area contributed by atoms with Crippen LogP contribution in [0.2, 0.25) is 5.02 Å². The number of nitrogens with one attached hydrogen (secondary N) is 1. The fraction of sp³-hybridized carbons (Fsp3) is 0.118. The topological polar surface area (TPSA) is 107 Å². The van der Waals surface area contributed by atoms with Crippen LogP contribution in [0.15, 0.2) is 41.3 Å². The van der Waals surface area contributed by atoms with Gasteiger partial charge in [-0.3, -0.25) is 24.1 Å². The molecule has 0 saturated carbocycles. The third-order valence-corrected chi connectivity index (χ3v) is 4.13. The molecule has 0 radical (unpaired) electrons. The highest BCUT2D eigenvalue weighted by Gasteiger charge is 2.18. The van der Waals surface area contributed by atoms with Gasteiger partial charge >= 0.3 is 0 Å². The summed E-state index contributed by atoms with van der Waals surface area (Å²) < 4.78 is 1.32. The highest BCUT2D eigenvalue weighted by Crippen LogP contribution is 2.25. The first-order valence-electron chi connectivity index (χ1n) is 7.53. The minimum atomic E-state index is -0.681. The molecular formula is C17H13ClN4O4. The van der Waals surface area contributed by atoms with E-state index in [2.05, 4.69) is 10.3 Å². The Hall–Kier alpha value is -3.26. The third kappa shape index (κ3) is 3.14. The Labute approximate surface area is 152 Å². The van der Waals surface area contributed by atoms with Crippen LogP contribution in [0.3, 0.4) is 0 Å². The van der Waals surface area contributed by atoms with Crippen molar-refractivity contribution in [3.63, 3.8) is 0 Å². The number of pyridine rings is 1. The summed E-state index contributed by atoms with van der Waals surface area (Å²) in [6.45, 7) is 3.48. The molecule has 0 bridgehead atoms. The molecule has 2 heterocycles. The molecule has 0 spiro atoms. The number of aromatic nitrogens is 2. The smallest absolute Gasteiger partial charge is 0.288 e. The number of rotatable bonds is 3. The van der Waals surface area contributed by atoms with Crippen molar-refractivity contribution in [1.29, 1.82) is 0 Å². The van der Waals surface area contributed by atoms with Gasteiger partial charge in [0.05, 0.1) is 10.6 Å². The van der Waals surface area contributed by atoms with Gasteiger partial charge in [0.2, 0.25) is 0 Å². The summed E-state index contributed by atoms with van der Waals surface area (Å²) in [7, 11) is 0. The Kier molecular flexibility index (Phi) is 4.43. The number of aryl methyl sites for hydroxylation is 2. The monoisotopic (exact) mass is 372 g/mol. The average molecular weight is 373 g/mol. The zero-order valence-corrected chi connectivity index (χ0v) is 14.6. The Morgan fingerprint density at radius 3 is 2.69 bits per heavy atom. The molecule has 9 heteroatoms. The zero-order chi connectivity index (χ0) is 19.0. The van der Waals surface area contributed by atoms with E-state index in [1.807, 2.05) is 6.92 Å². The van der Waals surface area contributed by atoms with Crippen molar-refractivity contribution < 1.29 is 9.72 Å². The molecule has 0 fully saturated rings. The van der Waals surface area contributed by atoms with E-state index in [9.17, 15) is 19.7 Å². The number of amides is 1. The number of halogens is 1. The maximum absolute atomic E-state index is 12.6. The molecule has 1 aromatic carbocycles. The molecule has 0 unspecified atom stereocenters. The molecule has 8 nitrogen and oxygen atoms in total. The molecule has 0 aliphatic carbocycles. The number of carbonyl (C=O) groups is 1. The molecule has 1 amide bonds. The third-order valence-electron chi connectivity index (χ3n) is 3.81. The number of hydrogen-bond donors (Lipinski definition) is 1. The lowest BCUT2D eigenvalue weighted by atomic mass is 10.2. The van der Waals surface area contributed by atoms with Crippen LogP contribution in [0, 0.1) is 24.0 Å². The Morgan fingerprint density at radius 2 is 2.00 bits per heavy atom. The molecule has 0 aliphatic heterocycles. The van der Waals surface area contributed by atoms with E-state index in [1.54, 1.807) is 25.3 Å². The van der Waals surface area contributed by atoms with Gasteiger partial charge < -0.3 is 5.32 Å². The minimum Gasteiger partial charge on any atom is -0.316 e. The molecular weight excluding hydrogens is 360 g/mol. The van der Waals surface area contributed by atoms with Crippen molar-refractivity contribution >= 4 is 34.5 Å². The molecule has 0 aliphatic rings. The van der Waals surface area contributed by atoms with Crippen LogP contribution in [0.5, 0.6) is 0 Å². The largest absolute Gasteiger partial charge is 0.316 e. The molecule has 132 valence electrons. The summed E-state index contributed by atoms with van der Waals surface area (Å²) in [6, 6.07) is 7.16. The van der Waals surface area contributed by atoms with Crippen molar-refractivity contribution in [3.05, 3.63) is 78.8 Å². The van der Waals surface area contributed by atoms with E-state index in [4.69, 9.17) is 11.6 Å². The molecule has 26 heavy (non-hydrogen) atoms. The first-order chi connectivity index (χ1) is 12.3. The summed E-state index contributed by atoms with van der Waals surface area (Å²) in [4.78, 5) is 39.7. The van der Waals surface area contributed by atoms with Crippen molar-refractivity contribution in [3.8, 4) is 0 Å². The van der Waals surface area contributed by atoms with Gasteiger partial charge in [0.25, 0.3) is 17.2 Å². The van der Waals surface area contributed by atoms with Crippen LogP contribution in [0.25, 0.3) is 5.65 Å². The first kappa shape index (κ1) is 17.6. The van der Waals surface area contributed by atoms with Gasteiger partial charge in [-0.25, -0.2) is 4.98 Å². The first-order valence-corrected chi connectivity index (χ1v) is 7.90. The van der Waals surface area contributed by atoms with E-state index in [0.29, 0.717) is 11.3 Å². The number of benzene rings is 1. The van der Waals surface area contributed by atoms with E-state index < -0.39 is 16.4 Å². The SMILES string of the molecule is Cc1ccn2c(=O)c(NC(=O)c3ccc(Cl)c([N+](=O)[O-])c3)c(C)nc2c1. The molecule has 1 N–H and O–H groups in total. The number of anilines is 1. The fourth-order valence-electron chi connectivity index (χ4n) is 2.47. The van der Waals surface area contributed by atoms with Gasteiger partial charge in [-0.15, -0.1) is 0 Å². The molecule has 0 atom stereocenters. The Balaban J connectivity index is 2.03. The normalized spacial score (nSPS) is 10.7. The predicted octanol–water partition coefficient (Wildman–Crippen LogP) is 3.13. The van der Waals surface area contributed by atoms with Gasteiger partial charge in [-0.05, 0) is 43.7 Å². The molecule has 2 aromatic heterocycles. The van der Waals surface area contributed by atoms with Gasteiger partial charge in [0.1, 0.15) is 16.4 Å². The lowest BCUT2D eigenvalue weighted by molar-refractivity contribution is -0.384. The summed E-state index contributed by atoms with van der Waals surface area (Å²) in [5.74, 6) is -0.668. The highest BCUT2D eigenvalue weighted by molar-refractivity contribution is 6.32. The van der Waals surface area contributed by atoms with Gasteiger partial charge in [-0.1, -0.05) is 11.6 Å². The van der Waals surface area contributed by atoms with Gasteiger partial charge in [-0.2, -0.15) is 0 Å². The van der Waals surface area contributed by atoms with Crippen molar-refractivity contribution in [2.75, 3.05) is 5.32 Å². The van der Waals surface area contributed by atoms with Crippen molar-refractivity contribution in [2.45, 2.75) is 13.8 Å². The Morgan fingerprint density at radius 1 is 1.27 bits per heavy atom. The number of nitro groups is 1. The molecule has 0 saturated heterocycles. The molecule has 3 aromatic rings. The average Bonchev–Trinajstić information content (AvgIpc) is 2.58. The van der Waals surface area contributed by atoms with E-state index in [-0.39, 0.29) is 22.0 Å². The van der Waals surface area contributed by atoms with Crippen LogP contribution >= 0.6 is 11.6 Å². The summed E-state index contributed by atoms with van der Waals surface area (Å²) >= 11 is 5.75. The number of fused-ring (bicyclic) bond motifs is 1. The van der Waals surface area contributed by atoms with Gasteiger partial charge in [0, 0.05) is 17.8 Å². The summed E-state index contributed by atoms with van der Waals surface area (Å²) in [5, 5.41) is 13.4. The minimum absolute atomic E-state index is 0.00824. The number of nitro benzene ring substituents is 1. The zero-order valence-electron chi connectivity index (χ0n) is 13.8. The van der Waals surface area contributed by atoms with Crippen LogP contribution in [-0.2, 0) is 0 Å². The summed E-state index contributed by atoms with van der Waals surface area (Å²) in [6.07, 6.45) is 1.57. The second kappa shape index (κ2) is 6.57. The van der Waals surface area contributed by atoms with Crippen LogP contribution in [-0.4, -0.2) is 20.2 Å². The lowest BCUT2D eigenvalue weighted by Crippen LogP contribution is -2.25.